The van der Waals surface area contributed by atoms with Crippen LogP contribution in [0.3, 0.4) is 0 Å². The SMILES string of the molecule is CC(C)C/C=C(\CN1C[C@@H]2C(=O)NC[C@]2(C(=O)O)C1)c1ccccc1. The first-order chi connectivity index (χ1) is 11.9. The average Bonchev–Trinajstić information content (AvgIpc) is 3.10. The van der Waals surface area contributed by atoms with Gasteiger partial charge in [-0.2, -0.15) is 0 Å². The van der Waals surface area contributed by atoms with Crippen molar-refractivity contribution in [1.82, 2.24) is 10.2 Å². The number of likely N-dealkylation sites (tertiary alicyclic amines) is 1. The Labute approximate surface area is 148 Å². The molecule has 0 radical (unpaired) electrons. The Morgan fingerprint density at radius 3 is 2.72 bits per heavy atom. The van der Waals surface area contributed by atoms with E-state index in [0.717, 1.165) is 12.0 Å². The molecule has 2 N–H and O–H groups in total. The summed E-state index contributed by atoms with van der Waals surface area (Å²) in [5.74, 6) is -0.886. The first-order valence-electron chi connectivity index (χ1n) is 8.90. The summed E-state index contributed by atoms with van der Waals surface area (Å²) in [6, 6.07) is 10.2. The van der Waals surface area contributed by atoms with Gasteiger partial charge in [0.25, 0.3) is 0 Å². The summed E-state index contributed by atoms with van der Waals surface area (Å²) in [5.41, 5.74) is 1.39. The largest absolute Gasteiger partial charge is 0.481 e. The summed E-state index contributed by atoms with van der Waals surface area (Å²) >= 11 is 0. The normalized spacial score (nSPS) is 26.8. The van der Waals surface area contributed by atoms with Crippen LogP contribution < -0.4 is 5.32 Å². The Bertz CT molecular complexity index is 683. The number of aliphatic carboxylic acids is 1. The quantitative estimate of drug-likeness (QED) is 0.832. The third-order valence-electron chi connectivity index (χ3n) is 5.31. The van der Waals surface area contributed by atoms with Crippen LogP contribution in [0.1, 0.15) is 25.8 Å². The fourth-order valence-corrected chi connectivity index (χ4v) is 3.85. The Hall–Kier alpha value is -2.14. The maximum atomic E-state index is 12.1. The molecule has 2 saturated heterocycles. The Morgan fingerprint density at radius 1 is 1.40 bits per heavy atom. The highest BCUT2D eigenvalue weighted by Gasteiger charge is 2.59. The lowest BCUT2D eigenvalue weighted by Gasteiger charge is -2.23. The Morgan fingerprint density at radius 2 is 2.12 bits per heavy atom. The topological polar surface area (TPSA) is 69.6 Å². The van der Waals surface area contributed by atoms with Crippen molar-refractivity contribution < 1.29 is 14.7 Å². The number of nitrogens with one attached hydrogen (secondary N) is 1. The lowest BCUT2D eigenvalue weighted by Crippen LogP contribution is -2.40. The van der Waals surface area contributed by atoms with E-state index in [4.69, 9.17) is 0 Å². The van der Waals surface area contributed by atoms with Gasteiger partial charge < -0.3 is 10.4 Å². The zero-order valence-corrected chi connectivity index (χ0v) is 14.9. The molecule has 5 nitrogen and oxygen atoms in total. The minimum absolute atomic E-state index is 0.127. The molecule has 2 heterocycles. The number of allylic oxidation sites excluding steroid dienone is 1. The zero-order valence-electron chi connectivity index (χ0n) is 14.9. The highest BCUT2D eigenvalue weighted by molar-refractivity contribution is 5.92. The van der Waals surface area contributed by atoms with Gasteiger partial charge in [0.05, 0.1) is 5.92 Å². The summed E-state index contributed by atoms with van der Waals surface area (Å²) in [4.78, 5) is 26.0. The smallest absolute Gasteiger partial charge is 0.313 e. The third kappa shape index (κ3) is 3.47. The molecule has 0 bridgehead atoms. The van der Waals surface area contributed by atoms with Crippen molar-refractivity contribution in [2.45, 2.75) is 20.3 Å². The van der Waals surface area contributed by atoms with E-state index in [1.165, 1.54) is 5.57 Å². The maximum absolute atomic E-state index is 12.1. The lowest BCUT2D eigenvalue weighted by molar-refractivity contribution is -0.149. The van der Waals surface area contributed by atoms with Crippen LogP contribution in [0, 0.1) is 17.3 Å². The number of rotatable bonds is 6. The second-order valence-corrected chi connectivity index (χ2v) is 7.63. The molecule has 1 aromatic rings. The summed E-state index contributed by atoms with van der Waals surface area (Å²) in [6.45, 7) is 6.20. The first kappa shape index (κ1) is 17.7. The highest BCUT2D eigenvalue weighted by atomic mass is 16.4. The number of fused-ring (bicyclic) bond motifs is 1. The molecule has 2 fully saturated rings. The van der Waals surface area contributed by atoms with Crippen molar-refractivity contribution in [3.05, 3.63) is 42.0 Å². The van der Waals surface area contributed by atoms with Crippen molar-refractivity contribution in [2.24, 2.45) is 17.3 Å². The average molecular weight is 342 g/mol. The van der Waals surface area contributed by atoms with Crippen LogP contribution >= 0.6 is 0 Å². The van der Waals surface area contributed by atoms with Crippen LogP contribution in [0.5, 0.6) is 0 Å². The molecule has 25 heavy (non-hydrogen) atoms. The van der Waals surface area contributed by atoms with Crippen LogP contribution in [0.2, 0.25) is 0 Å². The molecule has 0 saturated carbocycles. The fourth-order valence-electron chi connectivity index (χ4n) is 3.85. The van der Waals surface area contributed by atoms with Gasteiger partial charge >= 0.3 is 5.97 Å². The predicted molar refractivity (Wildman–Crippen MR) is 96.9 cm³/mol. The summed E-state index contributed by atoms with van der Waals surface area (Å²) in [7, 11) is 0. The zero-order chi connectivity index (χ0) is 18.0. The molecule has 2 atom stereocenters. The Kier molecular flexibility index (Phi) is 4.95. The summed E-state index contributed by atoms with van der Waals surface area (Å²) in [6.07, 6.45) is 3.23. The number of amides is 1. The van der Waals surface area contributed by atoms with Gasteiger partial charge in [0.2, 0.25) is 5.91 Å². The van der Waals surface area contributed by atoms with Crippen molar-refractivity contribution in [3.63, 3.8) is 0 Å². The number of benzene rings is 1. The van der Waals surface area contributed by atoms with Gasteiger partial charge in [0.1, 0.15) is 5.41 Å². The van der Waals surface area contributed by atoms with Gasteiger partial charge in [0.15, 0.2) is 0 Å². The van der Waals surface area contributed by atoms with E-state index in [1.807, 2.05) is 18.2 Å². The van der Waals surface area contributed by atoms with Crippen LogP contribution in [-0.4, -0.2) is 48.1 Å². The van der Waals surface area contributed by atoms with E-state index in [2.05, 4.69) is 42.3 Å². The van der Waals surface area contributed by atoms with Crippen LogP contribution in [0.25, 0.3) is 5.57 Å². The number of hydrogen-bond acceptors (Lipinski definition) is 3. The molecule has 1 amide bonds. The van der Waals surface area contributed by atoms with E-state index < -0.39 is 17.3 Å². The van der Waals surface area contributed by atoms with Crippen molar-refractivity contribution in [2.75, 3.05) is 26.2 Å². The standard InChI is InChI=1S/C20H26N2O3/c1-14(2)8-9-16(15-6-4-3-5-7-15)10-22-11-17-18(23)21-12-20(17,13-22)19(24)25/h3-7,9,14,17H,8,10-13H2,1-2H3,(H,21,23)(H,24,25)/b16-9+/t17-,20+/m1/s1. The molecule has 5 heteroatoms. The van der Waals surface area contributed by atoms with Crippen molar-refractivity contribution in [1.29, 1.82) is 0 Å². The number of carboxylic acids is 1. The van der Waals surface area contributed by atoms with Crippen LogP contribution in [0.15, 0.2) is 36.4 Å². The predicted octanol–water partition coefficient (Wildman–Crippen LogP) is 2.25. The van der Waals surface area contributed by atoms with Crippen molar-refractivity contribution >= 4 is 17.4 Å². The number of carbonyl (C=O) groups is 2. The van der Waals surface area contributed by atoms with Gasteiger partial charge in [-0.1, -0.05) is 50.3 Å². The molecular formula is C20H26N2O3. The molecule has 1 aromatic carbocycles. The van der Waals surface area contributed by atoms with Crippen molar-refractivity contribution in [3.8, 4) is 0 Å². The van der Waals surface area contributed by atoms with Crippen LogP contribution in [-0.2, 0) is 9.59 Å². The molecule has 2 aliphatic rings. The fraction of sp³-hybridized carbons (Fsp3) is 0.500. The van der Waals surface area contributed by atoms with Crippen LogP contribution in [0.4, 0.5) is 0 Å². The molecule has 3 rings (SSSR count). The van der Waals surface area contributed by atoms with E-state index in [0.29, 0.717) is 25.6 Å². The molecular weight excluding hydrogens is 316 g/mol. The number of hydrogen-bond donors (Lipinski definition) is 2. The second kappa shape index (κ2) is 7.00. The van der Waals surface area contributed by atoms with Gasteiger partial charge in [-0.15, -0.1) is 0 Å². The summed E-state index contributed by atoms with van der Waals surface area (Å²) < 4.78 is 0. The number of nitrogens with zero attached hydrogens (tertiary/aromatic N) is 1. The molecule has 134 valence electrons. The highest BCUT2D eigenvalue weighted by Crippen LogP contribution is 2.40. The second-order valence-electron chi connectivity index (χ2n) is 7.63. The third-order valence-corrected chi connectivity index (χ3v) is 5.31. The van der Waals surface area contributed by atoms with E-state index in [9.17, 15) is 14.7 Å². The van der Waals surface area contributed by atoms with Gasteiger partial charge in [-0.25, -0.2) is 0 Å². The first-order valence-corrected chi connectivity index (χ1v) is 8.90. The van der Waals surface area contributed by atoms with E-state index in [-0.39, 0.29) is 12.5 Å². The molecule has 2 aliphatic heterocycles. The lowest BCUT2D eigenvalue weighted by atomic mass is 9.81. The van der Waals surface area contributed by atoms with Gasteiger partial charge in [-0.3, -0.25) is 14.5 Å². The summed E-state index contributed by atoms with van der Waals surface area (Å²) in [5, 5.41) is 12.4. The van der Waals surface area contributed by atoms with E-state index >= 15 is 0 Å². The Balaban J connectivity index is 1.80. The number of carbonyl (C=O) groups excluding carboxylic acids is 1. The van der Waals surface area contributed by atoms with Gasteiger partial charge in [-0.05, 0) is 23.5 Å². The minimum Gasteiger partial charge on any atom is -0.481 e. The monoisotopic (exact) mass is 342 g/mol. The molecule has 0 aromatic heterocycles. The molecule has 0 spiro atoms. The van der Waals surface area contributed by atoms with Gasteiger partial charge in [0, 0.05) is 26.2 Å². The van der Waals surface area contributed by atoms with E-state index in [1.54, 1.807) is 0 Å². The molecule has 0 unspecified atom stereocenters. The maximum Gasteiger partial charge on any atom is 0.313 e. The number of carboxylic acid groups (broad SMARTS) is 1. The molecule has 0 aliphatic carbocycles. The minimum atomic E-state index is -0.975.